The summed E-state index contributed by atoms with van der Waals surface area (Å²) in [5, 5.41) is 9.74. The van der Waals surface area contributed by atoms with Crippen LogP contribution in [0.4, 0.5) is 0 Å². The van der Waals surface area contributed by atoms with E-state index in [9.17, 15) is 9.59 Å². The minimum absolute atomic E-state index is 0.157. The maximum atomic E-state index is 12.4. The van der Waals surface area contributed by atoms with Gasteiger partial charge in [-0.05, 0) is 30.2 Å². The van der Waals surface area contributed by atoms with Crippen LogP contribution in [-0.4, -0.2) is 35.0 Å². The molecule has 0 spiro atoms. The first kappa shape index (κ1) is 15.6. The highest BCUT2D eigenvalue weighted by Crippen LogP contribution is 2.24. The smallest absolute Gasteiger partial charge is 0.323 e. The van der Waals surface area contributed by atoms with Gasteiger partial charge in [0, 0.05) is 16.4 Å². The first-order valence-electron chi connectivity index (χ1n) is 6.57. The SMILES string of the molecule is CC(C)CN(CC(=O)O)C(=O)c1cc2cc(Br)ccc2o1. The van der Waals surface area contributed by atoms with E-state index in [-0.39, 0.29) is 18.2 Å². The first-order chi connectivity index (χ1) is 9.86. The first-order valence-corrected chi connectivity index (χ1v) is 7.36. The third kappa shape index (κ3) is 3.85. The highest BCUT2D eigenvalue weighted by molar-refractivity contribution is 9.10. The van der Waals surface area contributed by atoms with E-state index < -0.39 is 11.9 Å². The summed E-state index contributed by atoms with van der Waals surface area (Å²) in [5.74, 6) is -1.11. The molecule has 0 bridgehead atoms. The minimum atomic E-state index is -1.04. The van der Waals surface area contributed by atoms with Crippen LogP contribution in [0.2, 0.25) is 0 Å². The number of halogens is 1. The normalized spacial score (nSPS) is 11.0. The van der Waals surface area contributed by atoms with E-state index in [0.717, 1.165) is 9.86 Å². The zero-order valence-electron chi connectivity index (χ0n) is 11.8. The Hall–Kier alpha value is -1.82. The van der Waals surface area contributed by atoms with Gasteiger partial charge in [-0.2, -0.15) is 0 Å². The van der Waals surface area contributed by atoms with E-state index >= 15 is 0 Å². The van der Waals surface area contributed by atoms with Crippen molar-refractivity contribution in [3.05, 3.63) is 34.5 Å². The van der Waals surface area contributed by atoms with Crippen molar-refractivity contribution in [2.24, 2.45) is 5.92 Å². The number of fused-ring (bicyclic) bond motifs is 1. The molecule has 2 rings (SSSR count). The van der Waals surface area contributed by atoms with Crippen molar-refractivity contribution in [2.45, 2.75) is 13.8 Å². The molecule has 0 aliphatic rings. The Morgan fingerprint density at radius 3 is 2.67 bits per heavy atom. The monoisotopic (exact) mass is 353 g/mol. The van der Waals surface area contributed by atoms with Crippen LogP contribution in [0, 0.1) is 5.92 Å². The molecule has 0 radical (unpaired) electrons. The summed E-state index contributed by atoms with van der Waals surface area (Å²) in [6.45, 7) is 3.89. The summed E-state index contributed by atoms with van der Waals surface area (Å²) >= 11 is 3.36. The summed E-state index contributed by atoms with van der Waals surface area (Å²) in [7, 11) is 0. The molecule has 0 saturated carbocycles. The number of hydrogen-bond acceptors (Lipinski definition) is 3. The van der Waals surface area contributed by atoms with Crippen LogP contribution < -0.4 is 0 Å². The van der Waals surface area contributed by atoms with Crippen LogP contribution in [0.1, 0.15) is 24.4 Å². The number of carbonyl (C=O) groups is 2. The lowest BCUT2D eigenvalue weighted by Crippen LogP contribution is -2.38. The van der Waals surface area contributed by atoms with Gasteiger partial charge in [0.25, 0.3) is 5.91 Å². The van der Waals surface area contributed by atoms with Crippen LogP contribution in [0.3, 0.4) is 0 Å². The maximum absolute atomic E-state index is 12.4. The number of aliphatic carboxylic acids is 1. The third-order valence-electron chi connectivity index (χ3n) is 2.89. The number of hydrogen-bond donors (Lipinski definition) is 1. The van der Waals surface area contributed by atoms with Crippen molar-refractivity contribution in [3.8, 4) is 0 Å². The third-order valence-corrected chi connectivity index (χ3v) is 3.38. The fourth-order valence-corrected chi connectivity index (χ4v) is 2.48. The topological polar surface area (TPSA) is 70.8 Å². The summed E-state index contributed by atoms with van der Waals surface area (Å²) in [5.41, 5.74) is 0.598. The van der Waals surface area contributed by atoms with Crippen molar-refractivity contribution >= 4 is 38.8 Å². The fraction of sp³-hybridized carbons (Fsp3) is 0.333. The quantitative estimate of drug-likeness (QED) is 0.894. The van der Waals surface area contributed by atoms with Crippen molar-refractivity contribution in [1.29, 1.82) is 0 Å². The molecule has 0 atom stereocenters. The second-order valence-corrected chi connectivity index (χ2v) is 6.18. The molecule has 6 heteroatoms. The number of rotatable bonds is 5. The number of benzene rings is 1. The summed E-state index contributed by atoms with van der Waals surface area (Å²) in [6.07, 6.45) is 0. The van der Waals surface area contributed by atoms with Gasteiger partial charge in [0.2, 0.25) is 0 Å². The number of carbonyl (C=O) groups excluding carboxylic acids is 1. The van der Waals surface area contributed by atoms with Crippen LogP contribution >= 0.6 is 15.9 Å². The highest BCUT2D eigenvalue weighted by atomic mass is 79.9. The number of amides is 1. The molecule has 0 unspecified atom stereocenters. The van der Waals surface area contributed by atoms with Gasteiger partial charge in [-0.15, -0.1) is 0 Å². The number of furan rings is 1. The van der Waals surface area contributed by atoms with Gasteiger partial charge in [-0.25, -0.2) is 0 Å². The predicted octanol–water partition coefficient (Wildman–Crippen LogP) is 3.38. The van der Waals surface area contributed by atoms with E-state index in [1.165, 1.54) is 4.90 Å². The molecular weight excluding hydrogens is 338 g/mol. The summed E-state index contributed by atoms with van der Waals surface area (Å²) < 4.78 is 6.41. The molecule has 1 aromatic carbocycles. The Morgan fingerprint density at radius 1 is 1.33 bits per heavy atom. The molecule has 1 heterocycles. The number of nitrogens with zero attached hydrogens (tertiary/aromatic N) is 1. The van der Waals surface area contributed by atoms with Gasteiger partial charge in [-0.3, -0.25) is 9.59 Å². The van der Waals surface area contributed by atoms with E-state index in [1.807, 2.05) is 26.0 Å². The van der Waals surface area contributed by atoms with Crippen LogP contribution in [0.15, 0.2) is 33.2 Å². The van der Waals surface area contributed by atoms with Gasteiger partial charge in [0.1, 0.15) is 12.1 Å². The average molecular weight is 354 g/mol. The molecule has 1 aromatic heterocycles. The lowest BCUT2D eigenvalue weighted by atomic mass is 10.2. The average Bonchev–Trinajstić information content (AvgIpc) is 2.78. The van der Waals surface area contributed by atoms with Crippen molar-refractivity contribution < 1.29 is 19.1 Å². The minimum Gasteiger partial charge on any atom is -0.480 e. The molecule has 112 valence electrons. The van der Waals surface area contributed by atoms with Crippen LogP contribution in [-0.2, 0) is 4.79 Å². The molecule has 1 amide bonds. The maximum Gasteiger partial charge on any atom is 0.323 e. The molecule has 1 N–H and O–H groups in total. The molecular formula is C15H16BrNO4. The highest BCUT2D eigenvalue weighted by Gasteiger charge is 2.22. The molecule has 2 aromatic rings. The molecule has 21 heavy (non-hydrogen) atoms. The zero-order valence-corrected chi connectivity index (χ0v) is 13.4. The Kier molecular flexibility index (Phi) is 4.67. The predicted molar refractivity (Wildman–Crippen MR) is 82.3 cm³/mol. The van der Waals surface area contributed by atoms with Gasteiger partial charge >= 0.3 is 5.97 Å². The van der Waals surface area contributed by atoms with Gasteiger partial charge in [-0.1, -0.05) is 29.8 Å². The molecule has 0 aliphatic carbocycles. The second-order valence-electron chi connectivity index (χ2n) is 5.27. The number of carboxylic acid groups (broad SMARTS) is 1. The lowest BCUT2D eigenvalue weighted by molar-refractivity contribution is -0.137. The fourth-order valence-electron chi connectivity index (χ4n) is 2.10. The molecule has 0 aliphatic heterocycles. The summed E-state index contributed by atoms with van der Waals surface area (Å²) in [6, 6.07) is 7.07. The Balaban J connectivity index is 2.30. The lowest BCUT2D eigenvalue weighted by Gasteiger charge is -2.21. The van der Waals surface area contributed by atoms with E-state index in [1.54, 1.807) is 12.1 Å². The number of carboxylic acids is 1. The van der Waals surface area contributed by atoms with E-state index in [0.29, 0.717) is 12.1 Å². The Morgan fingerprint density at radius 2 is 2.05 bits per heavy atom. The van der Waals surface area contributed by atoms with Gasteiger partial charge in [0.05, 0.1) is 0 Å². The van der Waals surface area contributed by atoms with Crippen LogP contribution in [0.5, 0.6) is 0 Å². The zero-order chi connectivity index (χ0) is 15.6. The van der Waals surface area contributed by atoms with E-state index in [2.05, 4.69) is 15.9 Å². The standard InChI is InChI=1S/C15H16BrNO4/c1-9(2)7-17(8-14(18)19)15(20)13-6-10-5-11(16)3-4-12(10)21-13/h3-6,9H,7-8H2,1-2H3,(H,18,19). The molecule has 0 fully saturated rings. The second kappa shape index (κ2) is 6.30. The largest absolute Gasteiger partial charge is 0.480 e. The van der Waals surface area contributed by atoms with Crippen LogP contribution in [0.25, 0.3) is 11.0 Å². The molecule has 0 saturated heterocycles. The van der Waals surface area contributed by atoms with Crippen molar-refractivity contribution in [1.82, 2.24) is 4.90 Å². The summed E-state index contributed by atoms with van der Waals surface area (Å²) in [4.78, 5) is 24.6. The van der Waals surface area contributed by atoms with Crippen molar-refractivity contribution in [3.63, 3.8) is 0 Å². The Labute approximate surface area is 130 Å². The van der Waals surface area contributed by atoms with Crippen molar-refractivity contribution in [2.75, 3.05) is 13.1 Å². The Bertz CT molecular complexity index is 677. The van der Waals surface area contributed by atoms with Gasteiger partial charge < -0.3 is 14.4 Å². The van der Waals surface area contributed by atoms with E-state index in [4.69, 9.17) is 9.52 Å². The van der Waals surface area contributed by atoms with Gasteiger partial charge in [0.15, 0.2) is 5.76 Å². The molecule has 5 nitrogen and oxygen atoms in total.